The molecule has 0 radical (unpaired) electrons. The van der Waals surface area contributed by atoms with Crippen molar-refractivity contribution in [3.8, 4) is 11.4 Å². The first-order valence-electron chi connectivity index (χ1n) is 5.42. The van der Waals surface area contributed by atoms with Crippen LogP contribution in [0, 0.1) is 6.92 Å². The Morgan fingerprint density at radius 3 is 2.72 bits per heavy atom. The lowest BCUT2D eigenvalue weighted by Gasteiger charge is -2.04. The van der Waals surface area contributed by atoms with Crippen molar-refractivity contribution in [2.75, 3.05) is 0 Å². The number of alkyl halides is 2. The molecule has 1 heterocycles. The van der Waals surface area contributed by atoms with Gasteiger partial charge >= 0.3 is 0 Å². The van der Waals surface area contributed by atoms with E-state index in [-0.39, 0.29) is 12.3 Å². The van der Waals surface area contributed by atoms with Gasteiger partial charge in [0.1, 0.15) is 6.10 Å². The molecule has 1 aromatic carbocycles. The molecule has 18 heavy (non-hydrogen) atoms. The lowest BCUT2D eigenvalue weighted by molar-refractivity contribution is -0.00754. The summed E-state index contributed by atoms with van der Waals surface area (Å²) in [4.78, 5) is 3.99. The van der Waals surface area contributed by atoms with Crippen molar-refractivity contribution in [3.63, 3.8) is 0 Å². The third-order valence-electron chi connectivity index (χ3n) is 2.53. The van der Waals surface area contributed by atoms with Gasteiger partial charge in [0.15, 0.2) is 0 Å². The van der Waals surface area contributed by atoms with Gasteiger partial charge in [0.05, 0.1) is 6.42 Å². The fourth-order valence-electron chi connectivity index (χ4n) is 1.54. The molecule has 6 heteroatoms. The number of hydrogen-bond acceptors (Lipinski definition) is 4. The van der Waals surface area contributed by atoms with E-state index in [0.717, 1.165) is 11.1 Å². The van der Waals surface area contributed by atoms with Gasteiger partial charge in [-0.05, 0) is 12.5 Å². The van der Waals surface area contributed by atoms with Gasteiger partial charge in [-0.1, -0.05) is 29.4 Å². The Hall–Kier alpha value is -1.82. The van der Waals surface area contributed by atoms with Crippen LogP contribution in [0.15, 0.2) is 28.8 Å². The average molecular weight is 254 g/mol. The predicted octanol–water partition coefficient (Wildman–Crippen LogP) is 2.21. The Kier molecular flexibility index (Phi) is 3.66. The number of hydrogen-bond donors (Lipinski definition) is 1. The fourth-order valence-corrected chi connectivity index (χ4v) is 1.54. The Morgan fingerprint density at radius 2 is 2.06 bits per heavy atom. The topological polar surface area (TPSA) is 59.2 Å². The molecule has 0 fully saturated rings. The minimum Gasteiger partial charge on any atom is -0.387 e. The number of aryl methyl sites for hydroxylation is 1. The van der Waals surface area contributed by atoms with Crippen LogP contribution in [0.25, 0.3) is 11.4 Å². The van der Waals surface area contributed by atoms with E-state index in [1.807, 2.05) is 31.2 Å². The maximum absolute atomic E-state index is 12.2. The largest absolute Gasteiger partial charge is 0.387 e. The predicted molar refractivity (Wildman–Crippen MR) is 60.2 cm³/mol. The summed E-state index contributed by atoms with van der Waals surface area (Å²) in [5.74, 6) is 0.339. The van der Waals surface area contributed by atoms with Crippen LogP contribution in [-0.2, 0) is 6.42 Å². The highest BCUT2D eigenvalue weighted by atomic mass is 19.3. The number of aliphatic hydroxyl groups is 1. The number of rotatable bonds is 4. The Balaban J connectivity index is 2.18. The molecule has 0 saturated heterocycles. The highest BCUT2D eigenvalue weighted by Gasteiger charge is 2.21. The molecule has 0 bridgehead atoms. The maximum atomic E-state index is 12.2. The van der Waals surface area contributed by atoms with Crippen molar-refractivity contribution < 1.29 is 18.4 Å². The zero-order valence-electron chi connectivity index (χ0n) is 9.68. The maximum Gasteiger partial charge on any atom is 0.264 e. The average Bonchev–Trinajstić information content (AvgIpc) is 2.77. The normalized spacial score (nSPS) is 12.9. The summed E-state index contributed by atoms with van der Waals surface area (Å²) in [5.41, 5.74) is 1.73. The molecule has 0 aliphatic heterocycles. The minimum absolute atomic E-state index is 0.000975. The van der Waals surface area contributed by atoms with E-state index in [0.29, 0.717) is 5.82 Å². The summed E-state index contributed by atoms with van der Waals surface area (Å²) in [6.07, 6.45) is -4.95. The summed E-state index contributed by atoms with van der Waals surface area (Å²) < 4.78 is 29.2. The van der Waals surface area contributed by atoms with E-state index < -0.39 is 12.5 Å². The zero-order chi connectivity index (χ0) is 13.1. The summed E-state index contributed by atoms with van der Waals surface area (Å²) in [6, 6.07) is 7.40. The third kappa shape index (κ3) is 2.70. The van der Waals surface area contributed by atoms with Gasteiger partial charge < -0.3 is 9.63 Å². The van der Waals surface area contributed by atoms with Gasteiger partial charge in [0.25, 0.3) is 6.43 Å². The van der Waals surface area contributed by atoms with E-state index >= 15 is 0 Å². The van der Waals surface area contributed by atoms with E-state index in [2.05, 4.69) is 10.1 Å². The van der Waals surface area contributed by atoms with Crippen molar-refractivity contribution in [2.45, 2.75) is 25.9 Å². The first kappa shape index (κ1) is 12.6. The second-order valence-electron chi connectivity index (χ2n) is 3.93. The van der Waals surface area contributed by atoms with Gasteiger partial charge in [0, 0.05) is 5.56 Å². The molecule has 0 spiro atoms. The number of nitrogens with zero attached hydrogens (tertiary/aromatic N) is 2. The molecule has 1 unspecified atom stereocenters. The molecule has 0 aliphatic carbocycles. The minimum atomic E-state index is -2.82. The first-order chi connectivity index (χ1) is 8.58. The van der Waals surface area contributed by atoms with Crippen molar-refractivity contribution in [3.05, 3.63) is 35.7 Å². The quantitative estimate of drug-likeness (QED) is 0.908. The van der Waals surface area contributed by atoms with Gasteiger partial charge in [0.2, 0.25) is 11.7 Å². The van der Waals surface area contributed by atoms with Crippen molar-refractivity contribution >= 4 is 0 Å². The van der Waals surface area contributed by atoms with Crippen LogP contribution in [0.5, 0.6) is 0 Å². The lowest BCUT2D eigenvalue weighted by Crippen LogP contribution is -2.20. The number of benzene rings is 1. The highest BCUT2D eigenvalue weighted by Crippen LogP contribution is 2.20. The molecule has 0 amide bonds. The summed E-state index contributed by atoms with van der Waals surface area (Å²) in [6.45, 7) is 1.89. The van der Waals surface area contributed by atoms with Crippen LogP contribution >= 0.6 is 0 Å². The van der Waals surface area contributed by atoms with E-state index in [1.54, 1.807) is 0 Å². The Bertz CT molecular complexity index is 528. The van der Waals surface area contributed by atoms with E-state index in [1.165, 1.54) is 0 Å². The first-order valence-corrected chi connectivity index (χ1v) is 5.42. The van der Waals surface area contributed by atoms with Crippen LogP contribution < -0.4 is 0 Å². The van der Waals surface area contributed by atoms with Gasteiger partial charge in [-0.15, -0.1) is 0 Å². The van der Waals surface area contributed by atoms with Gasteiger partial charge in [-0.2, -0.15) is 4.98 Å². The van der Waals surface area contributed by atoms with Crippen LogP contribution in [0.2, 0.25) is 0 Å². The fraction of sp³-hybridized carbons (Fsp3) is 0.333. The number of halogens is 2. The molecule has 2 aromatic rings. The van der Waals surface area contributed by atoms with E-state index in [9.17, 15) is 8.78 Å². The van der Waals surface area contributed by atoms with Crippen LogP contribution in [0.4, 0.5) is 8.78 Å². The van der Waals surface area contributed by atoms with E-state index in [4.69, 9.17) is 9.63 Å². The Morgan fingerprint density at radius 1 is 1.33 bits per heavy atom. The lowest BCUT2D eigenvalue weighted by atomic mass is 10.1. The second-order valence-corrected chi connectivity index (χ2v) is 3.93. The molecule has 2 rings (SSSR count). The molecule has 4 nitrogen and oxygen atoms in total. The molecule has 96 valence electrons. The number of aromatic nitrogens is 2. The molecule has 1 atom stereocenters. The van der Waals surface area contributed by atoms with Crippen molar-refractivity contribution in [1.29, 1.82) is 0 Å². The third-order valence-corrected chi connectivity index (χ3v) is 2.53. The highest BCUT2D eigenvalue weighted by molar-refractivity contribution is 5.58. The number of aliphatic hydroxyl groups excluding tert-OH is 1. The molecule has 1 N–H and O–H groups in total. The van der Waals surface area contributed by atoms with Gasteiger partial charge in [-0.25, -0.2) is 8.78 Å². The molecule has 1 aromatic heterocycles. The molecule has 0 saturated carbocycles. The SMILES string of the molecule is Cc1ccccc1-c1noc(CC(O)C(F)F)n1. The van der Waals surface area contributed by atoms with Crippen LogP contribution in [0.1, 0.15) is 11.5 Å². The Labute approximate surface area is 102 Å². The zero-order valence-corrected chi connectivity index (χ0v) is 9.68. The smallest absolute Gasteiger partial charge is 0.264 e. The van der Waals surface area contributed by atoms with Crippen LogP contribution in [-0.4, -0.2) is 27.8 Å². The monoisotopic (exact) mass is 254 g/mol. The molecular formula is C12H12F2N2O2. The standard InChI is InChI=1S/C12H12F2N2O2/c1-7-4-2-3-5-8(7)12-15-10(18-16-12)6-9(17)11(13)14/h2-5,9,11,17H,6H2,1H3. The summed E-state index contributed by atoms with van der Waals surface area (Å²) in [5, 5.41) is 12.8. The molecule has 0 aliphatic rings. The second kappa shape index (κ2) is 5.22. The van der Waals surface area contributed by atoms with Crippen molar-refractivity contribution in [2.24, 2.45) is 0 Å². The molecular weight excluding hydrogens is 242 g/mol. The summed E-state index contributed by atoms with van der Waals surface area (Å²) in [7, 11) is 0. The van der Waals surface area contributed by atoms with Gasteiger partial charge in [-0.3, -0.25) is 0 Å². The summed E-state index contributed by atoms with van der Waals surface area (Å²) >= 11 is 0. The van der Waals surface area contributed by atoms with Crippen molar-refractivity contribution in [1.82, 2.24) is 10.1 Å². The van der Waals surface area contributed by atoms with Crippen LogP contribution in [0.3, 0.4) is 0 Å².